The molecule has 0 atom stereocenters. The highest BCUT2D eigenvalue weighted by Gasteiger charge is 2.19. The maximum Gasteiger partial charge on any atom is 0.160 e. The van der Waals surface area contributed by atoms with Gasteiger partial charge in [0.2, 0.25) is 0 Å². The Labute approximate surface area is 79.0 Å². The summed E-state index contributed by atoms with van der Waals surface area (Å²) < 4.78 is 0. The van der Waals surface area contributed by atoms with E-state index < -0.39 is 0 Å². The molecule has 0 radical (unpaired) electrons. The third-order valence-electron chi connectivity index (χ3n) is 2.01. The highest BCUT2D eigenvalue weighted by molar-refractivity contribution is 5.95. The van der Waals surface area contributed by atoms with Crippen molar-refractivity contribution in [3.63, 3.8) is 0 Å². The maximum absolute atomic E-state index is 11.3. The zero-order chi connectivity index (χ0) is 10.1. The Kier molecular flexibility index (Phi) is 2.50. The average molecular weight is 177 g/mol. The second-order valence-corrected chi connectivity index (χ2v) is 4.23. The highest BCUT2D eigenvalue weighted by Crippen LogP contribution is 2.24. The number of ketones is 1. The third-order valence-corrected chi connectivity index (χ3v) is 2.01. The van der Waals surface area contributed by atoms with Crippen LogP contribution < -0.4 is 0 Å². The lowest BCUT2D eigenvalue weighted by atomic mass is 9.84. The Balaban J connectivity index is 3.28. The molecule has 0 bridgehead atoms. The maximum atomic E-state index is 11.3. The predicted molar refractivity (Wildman–Crippen MR) is 52.9 cm³/mol. The van der Waals surface area contributed by atoms with Crippen LogP contribution in [-0.2, 0) is 5.41 Å². The van der Waals surface area contributed by atoms with Crippen LogP contribution in [0.4, 0.5) is 0 Å². The van der Waals surface area contributed by atoms with Gasteiger partial charge >= 0.3 is 0 Å². The molecule has 0 aliphatic heterocycles. The lowest BCUT2D eigenvalue weighted by molar-refractivity contribution is 0.101. The fourth-order valence-corrected chi connectivity index (χ4v) is 1.30. The molecule has 0 aromatic carbocycles. The first kappa shape index (κ1) is 9.90. The van der Waals surface area contributed by atoms with Crippen LogP contribution in [-0.4, -0.2) is 10.8 Å². The Morgan fingerprint density at radius 1 is 1.38 bits per heavy atom. The molecule has 1 aromatic rings. The molecule has 0 aliphatic carbocycles. The molecule has 0 unspecified atom stereocenters. The number of carbonyl (C=O) groups excluding carboxylic acids is 1. The van der Waals surface area contributed by atoms with Gasteiger partial charge in [-0.25, -0.2) is 0 Å². The number of rotatable bonds is 1. The van der Waals surface area contributed by atoms with Crippen LogP contribution in [0.5, 0.6) is 0 Å². The van der Waals surface area contributed by atoms with E-state index in [0.717, 1.165) is 11.1 Å². The fourth-order valence-electron chi connectivity index (χ4n) is 1.30. The first-order valence-corrected chi connectivity index (χ1v) is 4.38. The van der Waals surface area contributed by atoms with Gasteiger partial charge in [0.1, 0.15) is 0 Å². The van der Waals surface area contributed by atoms with Crippen molar-refractivity contribution in [1.82, 2.24) is 4.98 Å². The molecule has 1 heterocycles. The summed E-state index contributed by atoms with van der Waals surface area (Å²) in [6.45, 7) is 7.83. The standard InChI is InChI=1S/C11H15NO/c1-8(13)9-5-6-12-7-10(9)11(2,3)4/h5-7H,1-4H3. The number of hydrogen-bond donors (Lipinski definition) is 0. The molecule has 0 aliphatic rings. The molecule has 0 spiro atoms. The van der Waals surface area contributed by atoms with Crippen molar-refractivity contribution in [3.05, 3.63) is 29.6 Å². The monoisotopic (exact) mass is 177 g/mol. The van der Waals surface area contributed by atoms with Crippen molar-refractivity contribution >= 4 is 5.78 Å². The van der Waals surface area contributed by atoms with Crippen LogP contribution in [0, 0.1) is 0 Å². The van der Waals surface area contributed by atoms with Gasteiger partial charge in [-0.15, -0.1) is 0 Å². The number of nitrogens with zero attached hydrogens (tertiary/aromatic N) is 1. The van der Waals surface area contributed by atoms with Gasteiger partial charge in [-0.05, 0) is 24.0 Å². The lowest BCUT2D eigenvalue weighted by Gasteiger charge is -2.20. The molecular weight excluding hydrogens is 162 g/mol. The van der Waals surface area contributed by atoms with Crippen LogP contribution in [0.1, 0.15) is 43.6 Å². The molecule has 0 N–H and O–H groups in total. The summed E-state index contributed by atoms with van der Waals surface area (Å²) in [7, 11) is 0. The van der Waals surface area contributed by atoms with Gasteiger partial charge < -0.3 is 0 Å². The molecular formula is C11H15NO. The van der Waals surface area contributed by atoms with Gasteiger partial charge in [0.25, 0.3) is 0 Å². The summed E-state index contributed by atoms with van der Waals surface area (Å²) >= 11 is 0. The van der Waals surface area contributed by atoms with Crippen molar-refractivity contribution in [3.8, 4) is 0 Å². The number of Topliss-reactive ketones (excluding diaryl/α,β-unsaturated/α-hetero) is 1. The summed E-state index contributed by atoms with van der Waals surface area (Å²) in [4.78, 5) is 15.3. The molecule has 1 rings (SSSR count). The minimum Gasteiger partial charge on any atom is -0.294 e. The van der Waals surface area contributed by atoms with Gasteiger partial charge in [0.15, 0.2) is 5.78 Å². The van der Waals surface area contributed by atoms with E-state index >= 15 is 0 Å². The smallest absolute Gasteiger partial charge is 0.160 e. The highest BCUT2D eigenvalue weighted by atomic mass is 16.1. The molecule has 2 heteroatoms. The molecule has 0 fully saturated rings. The second kappa shape index (κ2) is 3.29. The van der Waals surface area contributed by atoms with E-state index in [-0.39, 0.29) is 11.2 Å². The van der Waals surface area contributed by atoms with Crippen molar-refractivity contribution in [2.75, 3.05) is 0 Å². The first-order valence-electron chi connectivity index (χ1n) is 4.38. The number of pyridine rings is 1. The molecule has 13 heavy (non-hydrogen) atoms. The van der Waals surface area contributed by atoms with Gasteiger partial charge in [0.05, 0.1) is 0 Å². The number of carbonyl (C=O) groups is 1. The van der Waals surface area contributed by atoms with Crippen LogP contribution in [0.25, 0.3) is 0 Å². The van der Waals surface area contributed by atoms with Crippen molar-refractivity contribution in [2.45, 2.75) is 33.1 Å². The third kappa shape index (κ3) is 2.14. The van der Waals surface area contributed by atoms with Gasteiger partial charge in [-0.1, -0.05) is 20.8 Å². The zero-order valence-electron chi connectivity index (χ0n) is 8.59. The van der Waals surface area contributed by atoms with E-state index in [0.29, 0.717) is 0 Å². The Bertz CT molecular complexity index is 323. The number of hydrogen-bond acceptors (Lipinski definition) is 2. The van der Waals surface area contributed by atoms with Crippen LogP contribution in [0.3, 0.4) is 0 Å². The predicted octanol–water partition coefficient (Wildman–Crippen LogP) is 2.58. The zero-order valence-corrected chi connectivity index (χ0v) is 8.59. The van der Waals surface area contributed by atoms with Crippen LogP contribution in [0.2, 0.25) is 0 Å². The second-order valence-electron chi connectivity index (χ2n) is 4.23. The first-order chi connectivity index (χ1) is 5.93. The summed E-state index contributed by atoms with van der Waals surface area (Å²) in [5, 5.41) is 0. The molecule has 0 amide bonds. The topological polar surface area (TPSA) is 30.0 Å². The van der Waals surface area contributed by atoms with E-state index in [1.165, 1.54) is 0 Å². The van der Waals surface area contributed by atoms with E-state index in [2.05, 4.69) is 25.8 Å². The largest absolute Gasteiger partial charge is 0.294 e. The molecule has 70 valence electrons. The summed E-state index contributed by atoms with van der Waals surface area (Å²) in [6, 6.07) is 1.78. The minimum absolute atomic E-state index is 0.0186. The quantitative estimate of drug-likeness (QED) is 0.617. The minimum atomic E-state index is -0.0186. The molecule has 0 saturated heterocycles. The molecule has 0 saturated carbocycles. The van der Waals surface area contributed by atoms with E-state index in [1.807, 2.05) is 0 Å². The van der Waals surface area contributed by atoms with E-state index in [4.69, 9.17) is 0 Å². The summed E-state index contributed by atoms with van der Waals surface area (Å²) in [5.41, 5.74) is 1.78. The molecule has 1 aromatic heterocycles. The van der Waals surface area contributed by atoms with Crippen molar-refractivity contribution in [2.24, 2.45) is 0 Å². The molecule has 2 nitrogen and oxygen atoms in total. The average Bonchev–Trinajstić information content (AvgIpc) is 2.03. The van der Waals surface area contributed by atoms with Crippen LogP contribution in [0.15, 0.2) is 18.5 Å². The Morgan fingerprint density at radius 3 is 2.38 bits per heavy atom. The summed E-state index contributed by atoms with van der Waals surface area (Å²) in [5.74, 6) is 0.104. The van der Waals surface area contributed by atoms with Gasteiger partial charge in [-0.2, -0.15) is 0 Å². The Morgan fingerprint density at radius 2 is 2.00 bits per heavy atom. The van der Waals surface area contributed by atoms with Crippen LogP contribution >= 0.6 is 0 Å². The van der Waals surface area contributed by atoms with Gasteiger partial charge in [0, 0.05) is 18.0 Å². The SMILES string of the molecule is CC(=O)c1ccncc1C(C)(C)C. The van der Waals surface area contributed by atoms with Gasteiger partial charge in [-0.3, -0.25) is 9.78 Å². The fraction of sp³-hybridized carbons (Fsp3) is 0.455. The number of aromatic nitrogens is 1. The van der Waals surface area contributed by atoms with E-state index in [9.17, 15) is 4.79 Å². The van der Waals surface area contributed by atoms with Crippen molar-refractivity contribution in [1.29, 1.82) is 0 Å². The normalized spacial score (nSPS) is 11.4. The van der Waals surface area contributed by atoms with E-state index in [1.54, 1.807) is 25.4 Å². The van der Waals surface area contributed by atoms with Crippen molar-refractivity contribution < 1.29 is 4.79 Å². The Hall–Kier alpha value is -1.18. The summed E-state index contributed by atoms with van der Waals surface area (Å²) in [6.07, 6.45) is 3.43. The lowest BCUT2D eigenvalue weighted by Crippen LogP contribution is -2.16.